The number of aromatic nitrogens is 3. The van der Waals surface area contributed by atoms with E-state index in [0.717, 1.165) is 19.0 Å². The van der Waals surface area contributed by atoms with Gasteiger partial charge < -0.3 is 10.6 Å². The summed E-state index contributed by atoms with van der Waals surface area (Å²) in [5.74, 6) is 1.26. The molecule has 0 bridgehead atoms. The van der Waals surface area contributed by atoms with Gasteiger partial charge in [-0.2, -0.15) is 4.98 Å². The third kappa shape index (κ3) is 2.54. The molecule has 100 valence electrons. The van der Waals surface area contributed by atoms with Gasteiger partial charge in [-0.25, -0.2) is 4.68 Å². The first-order valence-corrected chi connectivity index (χ1v) is 6.73. The van der Waals surface area contributed by atoms with Gasteiger partial charge in [-0.05, 0) is 25.3 Å². The SMILES string of the molecule is Cc1cccc(Cn2nc(N3CCCC3)nc2N)c1. The van der Waals surface area contributed by atoms with E-state index >= 15 is 0 Å². The van der Waals surface area contributed by atoms with Crippen molar-refractivity contribution < 1.29 is 0 Å². The largest absolute Gasteiger partial charge is 0.368 e. The van der Waals surface area contributed by atoms with Crippen LogP contribution in [-0.4, -0.2) is 27.9 Å². The lowest BCUT2D eigenvalue weighted by molar-refractivity contribution is 0.690. The molecule has 19 heavy (non-hydrogen) atoms. The number of nitrogen functional groups attached to an aromatic ring is 1. The van der Waals surface area contributed by atoms with E-state index in [-0.39, 0.29) is 0 Å². The van der Waals surface area contributed by atoms with E-state index in [0.29, 0.717) is 12.5 Å². The van der Waals surface area contributed by atoms with E-state index in [4.69, 9.17) is 5.73 Å². The zero-order chi connectivity index (χ0) is 13.2. The lowest BCUT2D eigenvalue weighted by atomic mass is 10.1. The fourth-order valence-electron chi connectivity index (χ4n) is 2.49. The smallest absolute Gasteiger partial charge is 0.246 e. The van der Waals surface area contributed by atoms with Crippen molar-refractivity contribution in [3.8, 4) is 0 Å². The molecule has 0 spiro atoms. The number of nitrogens with two attached hydrogens (primary N) is 1. The molecular weight excluding hydrogens is 238 g/mol. The molecule has 0 aliphatic carbocycles. The Bertz CT molecular complexity index is 569. The number of hydrogen-bond donors (Lipinski definition) is 1. The average molecular weight is 257 g/mol. The van der Waals surface area contributed by atoms with Gasteiger partial charge in [-0.3, -0.25) is 0 Å². The van der Waals surface area contributed by atoms with E-state index in [1.165, 1.54) is 24.0 Å². The molecule has 1 fully saturated rings. The minimum atomic E-state index is 0.489. The summed E-state index contributed by atoms with van der Waals surface area (Å²) in [4.78, 5) is 6.56. The van der Waals surface area contributed by atoms with Crippen LogP contribution in [0.25, 0.3) is 0 Å². The summed E-state index contributed by atoms with van der Waals surface area (Å²) in [7, 11) is 0. The van der Waals surface area contributed by atoms with Crippen LogP contribution in [0, 0.1) is 6.92 Å². The maximum atomic E-state index is 5.96. The standard InChI is InChI=1S/C14H19N5/c1-11-5-4-6-12(9-11)10-19-13(15)16-14(17-19)18-7-2-3-8-18/h4-6,9H,2-3,7-8,10H2,1H3,(H2,15,16,17). The highest BCUT2D eigenvalue weighted by Crippen LogP contribution is 2.18. The number of rotatable bonds is 3. The average Bonchev–Trinajstić information content (AvgIpc) is 3.00. The molecule has 1 aromatic heterocycles. The lowest BCUT2D eigenvalue weighted by Gasteiger charge is -2.10. The summed E-state index contributed by atoms with van der Waals surface area (Å²) >= 11 is 0. The normalized spacial score (nSPS) is 15.1. The van der Waals surface area contributed by atoms with E-state index in [1.54, 1.807) is 4.68 Å². The van der Waals surface area contributed by atoms with Gasteiger partial charge in [0.2, 0.25) is 11.9 Å². The molecule has 0 amide bonds. The highest BCUT2D eigenvalue weighted by atomic mass is 15.4. The number of nitrogens with zero attached hydrogens (tertiary/aromatic N) is 4. The molecule has 1 aromatic carbocycles. The molecule has 1 aliphatic heterocycles. The van der Waals surface area contributed by atoms with Crippen LogP contribution < -0.4 is 10.6 Å². The molecule has 2 aromatic rings. The van der Waals surface area contributed by atoms with Crippen LogP contribution in [0.15, 0.2) is 24.3 Å². The summed E-state index contributed by atoms with van der Waals surface area (Å²) in [6.45, 7) is 4.83. The second kappa shape index (κ2) is 4.91. The molecule has 3 rings (SSSR count). The van der Waals surface area contributed by atoms with Gasteiger partial charge in [0, 0.05) is 13.1 Å². The van der Waals surface area contributed by atoms with Crippen molar-refractivity contribution >= 4 is 11.9 Å². The topological polar surface area (TPSA) is 60.0 Å². The van der Waals surface area contributed by atoms with Crippen LogP contribution in [-0.2, 0) is 6.54 Å². The second-order valence-corrected chi connectivity index (χ2v) is 5.11. The van der Waals surface area contributed by atoms with Gasteiger partial charge in [0.25, 0.3) is 0 Å². The van der Waals surface area contributed by atoms with E-state index < -0.39 is 0 Å². The van der Waals surface area contributed by atoms with Crippen LogP contribution in [0.3, 0.4) is 0 Å². The first-order valence-electron chi connectivity index (χ1n) is 6.73. The fourth-order valence-corrected chi connectivity index (χ4v) is 2.49. The maximum absolute atomic E-state index is 5.96. The van der Waals surface area contributed by atoms with E-state index in [9.17, 15) is 0 Å². The predicted molar refractivity (Wildman–Crippen MR) is 76.2 cm³/mol. The molecule has 2 N–H and O–H groups in total. The predicted octanol–water partition coefficient (Wildman–Crippen LogP) is 1.82. The van der Waals surface area contributed by atoms with Crippen molar-refractivity contribution in [3.63, 3.8) is 0 Å². The van der Waals surface area contributed by atoms with E-state index in [2.05, 4.69) is 46.2 Å². The van der Waals surface area contributed by atoms with Gasteiger partial charge in [0.15, 0.2) is 0 Å². The first-order chi connectivity index (χ1) is 9.22. The number of anilines is 2. The molecule has 0 unspecified atom stereocenters. The molecule has 0 atom stereocenters. The minimum Gasteiger partial charge on any atom is -0.368 e. The highest BCUT2D eigenvalue weighted by molar-refractivity contribution is 5.36. The summed E-state index contributed by atoms with van der Waals surface area (Å²) in [5.41, 5.74) is 8.40. The summed E-state index contributed by atoms with van der Waals surface area (Å²) in [6, 6.07) is 8.38. The Morgan fingerprint density at radius 1 is 1.26 bits per heavy atom. The molecule has 1 aliphatic rings. The Morgan fingerprint density at radius 3 is 2.79 bits per heavy atom. The zero-order valence-corrected chi connectivity index (χ0v) is 11.2. The van der Waals surface area contributed by atoms with Crippen molar-refractivity contribution in [1.29, 1.82) is 0 Å². The molecule has 1 saturated heterocycles. The summed E-state index contributed by atoms with van der Waals surface area (Å²) < 4.78 is 1.78. The quantitative estimate of drug-likeness (QED) is 0.911. The van der Waals surface area contributed by atoms with Crippen molar-refractivity contribution in [3.05, 3.63) is 35.4 Å². The number of aryl methyl sites for hydroxylation is 1. The van der Waals surface area contributed by atoms with Crippen molar-refractivity contribution in [2.45, 2.75) is 26.3 Å². The second-order valence-electron chi connectivity index (χ2n) is 5.11. The van der Waals surface area contributed by atoms with Crippen molar-refractivity contribution in [1.82, 2.24) is 14.8 Å². The molecule has 5 heteroatoms. The molecule has 5 nitrogen and oxygen atoms in total. The molecule has 0 saturated carbocycles. The Labute approximate surface area is 113 Å². The summed E-state index contributed by atoms with van der Waals surface area (Å²) in [6.07, 6.45) is 2.43. The Kier molecular flexibility index (Phi) is 3.11. The Hall–Kier alpha value is -2.04. The highest BCUT2D eigenvalue weighted by Gasteiger charge is 2.18. The third-order valence-corrected chi connectivity index (χ3v) is 3.49. The zero-order valence-electron chi connectivity index (χ0n) is 11.2. The molecular formula is C14H19N5. The first kappa shape index (κ1) is 12.0. The third-order valence-electron chi connectivity index (χ3n) is 3.49. The maximum Gasteiger partial charge on any atom is 0.246 e. The van der Waals surface area contributed by atoms with Crippen LogP contribution in [0.2, 0.25) is 0 Å². The Morgan fingerprint density at radius 2 is 2.05 bits per heavy atom. The van der Waals surface area contributed by atoms with Gasteiger partial charge in [-0.15, -0.1) is 5.10 Å². The van der Waals surface area contributed by atoms with Gasteiger partial charge in [0.05, 0.1) is 6.54 Å². The van der Waals surface area contributed by atoms with Crippen LogP contribution in [0.1, 0.15) is 24.0 Å². The van der Waals surface area contributed by atoms with Gasteiger partial charge in [0.1, 0.15) is 0 Å². The van der Waals surface area contributed by atoms with Crippen molar-refractivity contribution in [2.24, 2.45) is 0 Å². The minimum absolute atomic E-state index is 0.489. The van der Waals surface area contributed by atoms with Crippen LogP contribution in [0.5, 0.6) is 0 Å². The van der Waals surface area contributed by atoms with E-state index in [1.807, 2.05) is 0 Å². The number of benzene rings is 1. The van der Waals surface area contributed by atoms with Crippen molar-refractivity contribution in [2.75, 3.05) is 23.7 Å². The number of hydrogen-bond acceptors (Lipinski definition) is 4. The molecule has 2 heterocycles. The Balaban J connectivity index is 1.81. The van der Waals surface area contributed by atoms with Crippen LogP contribution >= 0.6 is 0 Å². The molecule has 0 radical (unpaired) electrons. The van der Waals surface area contributed by atoms with Crippen LogP contribution in [0.4, 0.5) is 11.9 Å². The van der Waals surface area contributed by atoms with Gasteiger partial charge >= 0.3 is 0 Å². The monoisotopic (exact) mass is 257 g/mol. The summed E-state index contributed by atoms with van der Waals surface area (Å²) in [5, 5.41) is 4.52. The van der Waals surface area contributed by atoms with Gasteiger partial charge in [-0.1, -0.05) is 29.8 Å². The lowest BCUT2D eigenvalue weighted by Crippen LogP contribution is -2.19. The fraction of sp³-hybridized carbons (Fsp3) is 0.429.